The lowest BCUT2D eigenvalue weighted by Crippen LogP contribution is -2.06. The molecular formula is C15H17NO4. The molecule has 0 amide bonds. The van der Waals surface area contributed by atoms with Crippen LogP contribution in [0.3, 0.4) is 0 Å². The lowest BCUT2D eigenvalue weighted by atomic mass is 10.2. The van der Waals surface area contributed by atoms with Crippen molar-refractivity contribution in [2.75, 3.05) is 6.61 Å². The van der Waals surface area contributed by atoms with Crippen molar-refractivity contribution in [3.8, 4) is 0 Å². The van der Waals surface area contributed by atoms with Gasteiger partial charge in [0.2, 0.25) is 0 Å². The fourth-order valence-corrected chi connectivity index (χ4v) is 2.23. The normalized spacial score (nSPS) is 10.7. The molecule has 0 aliphatic rings. The van der Waals surface area contributed by atoms with Crippen LogP contribution in [0.1, 0.15) is 30.1 Å². The van der Waals surface area contributed by atoms with Crippen LogP contribution in [-0.4, -0.2) is 28.2 Å². The maximum absolute atomic E-state index is 11.3. The van der Waals surface area contributed by atoms with E-state index in [-0.39, 0.29) is 11.5 Å². The van der Waals surface area contributed by atoms with Gasteiger partial charge < -0.3 is 14.4 Å². The van der Waals surface area contributed by atoms with E-state index in [1.54, 1.807) is 19.2 Å². The minimum Gasteiger partial charge on any atom is -0.478 e. The molecule has 106 valence electrons. The van der Waals surface area contributed by atoms with Crippen LogP contribution in [0.25, 0.3) is 10.9 Å². The van der Waals surface area contributed by atoms with Crippen molar-refractivity contribution in [1.29, 1.82) is 0 Å². The van der Waals surface area contributed by atoms with Crippen molar-refractivity contribution in [2.45, 2.75) is 26.3 Å². The van der Waals surface area contributed by atoms with Crippen molar-refractivity contribution in [3.63, 3.8) is 0 Å². The molecule has 0 radical (unpaired) electrons. The van der Waals surface area contributed by atoms with Crippen LogP contribution in [0.2, 0.25) is 0 Å². The highest BCUT2D eigenvalue weighted by molar-refractivity contribution is 6.03. The number of aryl methyl sites for hydroxylation is 1. The Morgan fingerprint density at radius 1 is 1.30 bits per heavy atom. The lowest BCUT2D eigenvalue weighted by Gasteiger charge is -2.05. The Morgan fingerprint density at radius 3 is 2.75 bits per heavy atom. The monoisotopic (exact) mass is 275 g/mol. The Hall–Kier alpha value is -2.30. The van der Waals surface area contributed by atoms with Crippen molar-refractivity contribution in [1.82, 2.24) is 4.57 Å². The Bertz CT molecular complexity index is 630. The number of carboxylic acid groups (broad SMARTS) is 1. The molecule has 0 aliphatic heterocycles. The Labute approximate surface area is 116 Å². The van der Waals surface area contributed by atoms with Crippen LogP contribution in [0.4, 0.5) is 0 Å². The fraction of sp³-hybridized carbons (Fsp3) is 0.333. The Morgan fingerprint density at radius 2 is 2.05 bits per heavy atom. The molecule has 0 bridgehead atoms. The number of rotatable bonds is 6. The molecule has 0 unspecified atom stereocenters. The Balaban J connectivity index is 2.14. The minimum atomic E-state index is -0.939. The van der Waals surface area contributed by atoms with Gasteiger partial charge >= 0.3 is 11.9 Å². The molecule has 0 atom stereocenters. The van der Waals surface area contributed by atoms with Crippen molar-refractivity contribution < 1.29 is 19.4 Å². The first-order valence-electron chi connectivity index (χ1n) is 6.60. The second-order valence-corrected chi connectivity index (χ2v) is 4.47. The quantitative estimate of drug-likeness (QED) is 0.823. The average Bonchev–Trinajstić information content (AvgIpc) is 2.79. The summed E-state index contributed by atoms with van der Waals surface area (Å²) in [6.07, 6.45) is 2.58. The van der Waals surface area contributed by atoms with Crippen molar-refractivity contribution in [2.24, 2.45) is 0 Å². The molecule has 0 fully saturated rings. The van der Waals surface area contributed by atoms with Crippen LogP contribution in [0, 0.1) is 0 Å². The SMILES string of the molecule is CCOC(=O)CCCn1cc(C(=O)O)c2ccccc21. The highest BCUT2D eigenvalue weighted by Crippen LogP contribution is 2.21. The van der Waals surface area contributed by atoms with Crippen LogP contribution < -0.4 is 0 Å². The molecule has 5 nitrogen and oxygen atoms in total. The first-order valence-corrected chi connectivity index (χ1v) is 6.60. The molecule has 0 saturated carbocycles. The van der Waals surface area contributed by atoms with Gasteiger partial charge in [-0.2, -0.15) is 0 Å². The molecule has 1 aromatic heterocycles. The van der Waals surface area contributed by atoms with E-state index in [1.165, 1.54) is 0 Å². The zero-order valence-corrected chi connectivity index (χ0v) is 11.3. The molecule has 20 heavy (non-hydrogen) atoms. The summed E-state index contributed by atoms with van der Waals surface area (Å²) in [5, 5.41) is 9.91. The number of benzene rings is 1. The number of carboxylic acids is 1. The predicted octanol–water partition coefficient (Wildman–Crippen LogP) is 2.68. The van der Waals surface area contributed by atoms with Gasteiger partial charge in [0.1, 0.15) is 0 Å². The van der Waals surface area contributed by atoms with Gasteiger partial charge in [-0.3, -0.25) is 4.79 Å². The third kappa shape index (κ3) is 2.99. The number of carbonyl (C=O) groups is 2. The summed E-state index contributed by atoms with van der Waals surface area (Å²) in [6, 6.07) is 7.36. The molecule has 1 N–H and O–H groups in total. The van der Waals surface area contributed by atoms with E-state index in [0.717, 1.165) is 10.9 Å². The maximum atomic E-state index is 11.3. The summed E-state index contributed by atoms with van der Waals surface area (Å²) in [4.78, 5) is 22.5. The fourth-order valence-electron chi connectivity index (χ4n) is 2.23. The zero-order valence-electron chi connectivity index (χ0n) is 11.3. The van der Waals surface area contributed by atoms with Gasteiger partial charge in [-0.25, -0.2) is 4.79 Å². The summed E-state index contributed by atoms with van der Waals surface area (Å²) in [6.45, 7) is 2.75. The number of aromatic carboxylic acids is 1. The zero-order chi connectivity index (χ0) is 14.5. The summed E-state index contributed by atoms with van der Waals surface area (Å²) >= 11 is 0. The largest absolute Gasteiger partial charge is 0.478 e. The highest BCUT2D eigenvalue weighted by atomic mass is 16.5. The van der Waals surface area contributed by atoms with Gasteiger partial charge in [0.25, 0.3) is 0 Å². The number of carbonyl (C=O) groups excluding carboxylic acids is 1. The first-order chi connectivity index (χ1) is 9.63. The van der Waals surface area contributed by atoms with E-state index < -0.39 is 5.97 Å². The summed E-state index contributed by atoms with van der Waals surface area (Å²) in [7, 11) is 0. The highest BCUT2D eigenvalue weighted by Gasteiger charge is 2.13. The van der Waals surface area contributed by atoms with Gasteiger partial charge in [-0.05, 0) is 19.4 Å². The van der Waals surface area contributed by atoms with E-state index >= 15 is 0 Å². The van der Waals surface area contributed by atoms with Gasteiger partial charge in [0.15, 0.2) is 0 Å². The number of aromatic nitrogens is 1. The van der Waals surface area contributed by atoms with Gasteiger partial charge in [-0.15, -0.1) is 0 Å². The maximum Gasteiger partial charge on any atom is 0.337 e. The van der Waals surface area contributed by atoms with E-state index in [2.05, 4.69) is 0 Å². The number of hydrogen-bond donors (Lipinski definition) is 1. The number of nitrogens with zero attached hydrogens (tertiary/aromatic N) is 1. The van der Waals surface area contributed by atoms with Crippen LogP contribution in [0.15, 0.2) is 30.5 Å². The van der Waals surface area contributed by atoms with E-state index in [0.29, 0.717) is 26.0 Å². The summed E-state index contributed by atoms with van der Waals surface area (Å²) in [5.74, 6) is -1.16. The third-order valence-electron chi connectivity index (χ3n) is 3.10. The molecule has 0 spiro atoms. The van der Waals surface area contributed by atoms with Crippen LogP contribution in [0.5, 0.6) is 0 Å². The molecule has 2 aromatic rings. The lowest BCUT2D eigenvalue weighted by molar-refractivity contribution is -0.143. The van der Waals surface area contributed by atoms with Crippen molar-refractivity contribution in [3.05, 3.63) is 36.0 Å². The summed E-state index contributed by atoms with van der Waals surface area (Å²) in [5.41, 5.74) is 1.16. The average molecular weight is 275 g/mol. The standard InChI is InChI=1S/C15H17NO4/c1-2-20-14(17)8-5-9-16-10-12(15(18)19)11-6-3-4-7-13(11)16/h3-4,6-7,10H,2,5,8-9H2,1H3,(H,18,19). The molecule has 0 aliphatic carbocycles. The molecule has 1 heterocycles. The number of ether oxygens (including phenoxy) is 1. The number of para-hydroxylation sites is 1. The smallest absolute Gasteiger partial charge is 0.337 e. The first kappa shape index (κ1) is 14.1. The molecule has 5 heteroatoms. The number of fused-ring (bicyclic) bond motifs is 1. The van der Waals surface area contributed by atoms with E-state index in [1.807, 2.05) is 22.8 Å². The number of hydrogen-bond acceptors (Lipinski definition) is 3. The van der Waals surface area contributed by atoms with E-state index in [9.17, 15) is 14.7 Å². The van der Waals surface area contributed by atoms with Gasteiger partial charge in [-0.1, -0.05) is 18.2 Å². The second-order valence-electron chi connectivity index (χ2n) is 4.47. The summed E-state index contributed by atoms with van der Waals surface area (Å²) < 4.78 is 6.74. The molecule has 2 rings (SSSR count). The molecule has 0 saturated heterocycles. The number of esters is 1. The minimum absolute atomic E-state index is 0.220. The third-order valence-corrected chi connectivity index (χ3v) is 3.10. The van der Waals surface area contributed by atoms with Gasteiger partial charge in [0.05, 0.1) is 12.2 Å². The van der Waals surface area contributed by atoms with Crippen LogP contribution in [-0.2, 0) is 16.1 Å². The van der Waals surface area contributed by atoms with Crippen molar-refractivity contribution >= 4 is 22.8 Å². The Kier molecular flexibility index (Phi) is 4.40. The molecular weight excluding hydrogens is 258 g/mol. The molecule has 1 aromatic carbocycles. The second kappa shape index (κ2) is 6.23. The topological polar surface area (TPSA) is 68.5 Å². The van der Waals surface area contributed by atoms with Gasteiger partial charge in [0, 0.05) is 30.1 Å². The predicted molar refractivity (Wildman–Crippen MR) is 74.8 cm³/mol. The van der Waals surface area contributed by atoms with Crippen LogP contribution >= 0.6 is 0 Å². The van der Waals surface area contributed by atoms with E-state index in [4.69, 9.17) is 4.74 Å².